The first-order valence-corrected chi connectivity index (χ1v) is 4.42. The quantitative estimate of drug-likeness (QED) is 0.777. The van der Waals surface area contributed by atoms with Crippen LogP contribution in [0.2, 0.25) is 0 Å². The van der Waals surface area contributed by atoms with Crippen molar-refractivity contribution in [3.05, 3.63) is 29.6 Å². The summed E-state index contributed by atoms with van der Waals surface area (Å²) in [6.07, 6.45) is 0. The number of hydrogen-bond acceptors (Lipinski definition) is 2. The molecular formula is C10H10FN3O. The number of nitrogens with one attached hydrogen (secondary N) is 2. The highest BCUT2D eigenvalue weighted by Gasteiger charge is 2.06. The largest absolute Gasteiger partial charge is 0.338 e. The smallest absolute Gasteiger partial charge is 0.319 e. The Morgan fingerprint density at radius 2 is 2.33 bits per heavy atom. The van der Waals surface area contributed by atoms with Crippen LogP contribution >= 0.6 is 0 Å². The number of nitriles is 1. The van der Waals surface area contributed by atoms with Gasteiger partial charge in [-0.1, -0.05) is 0 Å². The Morgan fingerprint density at radius 3 is 2.87 bits per heavy atom. The number of urea groups is 1. The molecule has 2 N–H and O–H groups in total. The fraction of sp³-hybridized carbons (Fsp3) is 0.200. The Labute approximate surface area is 86.7 Å². The molecule has 15 heavy (non-hydrogen) atoms. The standard InChI is InChI=1S/C10H10FN3O/c1-2-13-10(15)14-9-4-3-7(6-12)5-8(9)11/h3-5H,2H2,1H3,(H2,13,14,15). The topological polar surface area (TPSA) is 64.9 Å². The normalized spacial score (nSPS) is 9.13. The summed E-state index contributed by atoms with van der Waals surface area (Å²) in [5, 5.41) is 13.3. The summed E-state index contributed by atoms with van der Waals surface area (Å²) in [7, 11) is 0. The van der Waals surface area contributed by atoms with E-state index in [4.69, 9.17) is 5.26 Å². The molecule has 5 heteroatoms. The van der Waals surface area contributed by atoms with Crippen LogP contribution in [0.1, 0.15) is 12.5 Å². The number of rotatable bonds is 2. The molecule has 1 aromatic carbocycles. The van der Waals surface area contributed by atoms with Crippen molar-refractivity contribution in [3.63, 3.8) is 0 Å². The molecule has 1 aromatic rings. The molecule has 0 saturated heterocycles. The van der Waals surface area contributed by atoms with Crippen molar-refractivity contribution in [3.8, 4) is 6.07 Å². The predicted molar refractivity (Wildman–Crippen MR) is 53.8 cm³/mol. The van der Waals surface area contributed by atoms with E-state index in [2.05, 4.69) is 10.6 Å². The van der Waals surface area contributed by atoms with Crippen LogP contribution in [0.3, 0.4) is 0 Å². The van der Waals surface area contributed by atoms with E-state index in [9.17, 15) is 9.18 Å². The van der Waals surface area contributed by atoms with E-state index in [-0.39, 0.29) is 11.3 Å². The Hall–Kier alpha value is -2.09. The molecule has 0 radical (unpaired) electrons. The molecule has 78 valence electrons. The highest BCUT2D eigenvalue weighted by molar-refractivity contribution is 5.89. The second kappa shape index (κ2) is 4.96. The van der Waals surface area contributed by atoms with Crippen LogP contribution in [0.5, 0.6) is 0 Å². The second-order valence-corrected chi connectivity index (χ2v) is 2.79. The van der Waals surface area contributed by atoms with E-state index in [1.54, 1.807) is 13.0 Å². The third-order valence-electron chi connectivity index (χ3n) is 1.68. The van der Waals surface area contributed by atoms with Gasteiger partial charge in [0, 0.05) is 6.54 Å². The molecule has 0 bridgehead atoms. The molecule has 0 aliphatic carbocycles. The van der Waals surface area contributed by atoms with Crippen LogP contribution < -0.4 is 10.6 Å². The lowest BCUT2D eigenvalue weighted by Crippen LogP contribution is -2.28. The van der Waals surface area contributed by atoms with Gasteiger partial charge in [-0.05, 0) is 25.1 Å². The Morgan fingerprint density at radius 1 is 1.60 bits per heavy atom. The van der Waals surface area contributed by atoms with Gasteiger partial charge in [-0.3, -0.25) is 0 Å². The molecule has 0 spiro atoms. The zero-order chi connectivity index (χ0) is 11.3. The molecule has 4 nitrogen and oxygen atoms in total. The molecule has 0 aliphatic heterocycles. The van der Waals surface area contributed by atoms with Crippen molar-refractivity contribution in [1.82, 2.24) is 5.32 Å². The number of amides is 2. The van der Waals surface area contributed by atoms with Crippen molar-refractivity contribution in [2.24, 2.45) is 0 Å². The first kappa shape index (κ1) is 11.0. The molecule has 0 atom stereocenters. The average Bonchev–Trinajstić information content (AvgIpc) is 2.21. The van der Waals surface area contributed by atoms with Crippen LogP contribution in [-0.2, 0) is 0 Å². The minimum Gasteiger partial charge on any atom is -0.338 e. The maximum absolute atomic E-state index is 13.2. The van der Waals surface area contributed by atoms with Crippen LogP contribution in [0.25, 0.3) is 0 Å². The zero-order valence-corrected chi connectivity index (χ0v) is 8.17. The van der Waals surface area contributed by atoms with E-state index in [1.165, 1.54) is 12.1 Å². The lowest BCUT2D eigenvalue weighted by atomic mass is 10.2. The number of nitrogens with zero attached hydrogens (tertiary/aromatic N) is 1. The van der Waals surface area contributed by atoms with E-state index in [0.29, 0.717) is 6.54 Å². The van der Waals surface area contributed by atoms with Crippen LogP contribution in [-0.4, -0.2) is 12.6 Å². The van der Waals surface area contributed by atoms with E-state index >= 15 is 0 Å². The van der Waals surface area contributed by atoms with Gasteiger partial charge < -0.3 is 10.6 Å². The fourth-order valence-corrected chi connectivity index (χ4v) is 1.01. The summed E-state index contributed by atoms with van der Waals surface area (Å²) < 4.78 is 13.2. The van der Waals surface area contributed by atoms with Gasteiger partial charge in [0.1, 0.15) is 5.82 Å². The first-order valence-electron chi connectivity index (χ1n) is 4.42. The molecule has 2 amide bonds. The van der Waals surface area contributed by atoms with Gasteiger partial charge in [0.25, 0.3) is 0 Å². The predicted octanol–water partition coefficient (Wildman–Crippen LogP) is 1.84. The SMILES string of the molecule is CCNC(=O)Nc1ccc(C#N)cc1F. The van der Waals surface area contributed by atoms with E-state index in [0.717, 1.165) is 6.07 Å². The minimum absolute atomic E-state index is 0.0555. The Balaban J connectivity index is 2.79. The minimum atomic E-state index is -0.625. The van der Waals surface area contributed by atoms with E-state index in [1.807, 2.05) is 0 Å². The molecule has 0 saturated carbocycles. The molecule has 0 fully saturated rings. The molecule has 0 aromatic heterocycles. The number of carbonyl (C=O) groups excluding carboxylic acids is 1. The maximum atomic E-state index is 13.2. The van der Waals surface area contributed by atoms with Gasteiger partial charge in [0.05, 0.1) is 17.3 Å². The Bertz CT molecular complexity index is 412. The summed E-state index contributed by atoms with van der Waals surface area (Å²) in [6.45, 7) is 2.22. The van der Waals surface area contributed by atoms with Crippen molar-refractivity contribution in [2.75, 3.05) is 11.9 Å². The third-order valence-corrected chi connectivity index (χ3v) is 1.68. The summed E-state index contributed by atoms with van der Waals surface area (Å²) >= 11 is 0. The monoisotopic (exact) mass is 207 g/mol. The first-order chi connectivity index (χ1) is 7.17. The summed E-state index contributed by atoms with van der Waals surface area (Å²) in [6, 6.07) is 5.19. The van der Waals surface area contributed by atoms with Gasteiger partial charge in [-0.25, -0.2) is 9.18 Å². The number of carbonyl (C=O) groups is 1. The molecule has 0 aliphatic rings. The summed E-state index contributed by atoms with van der Waals surface area (Å²) in [5.74, 6) is -0.625. The van der Waals surface area contributed by atoms with Crippen molar-refractivity contribution in [2.45, 2.75) is 6.92 Å². The van der Waals surface area contributed by atoms with E-state index < -0.39 is 11.8 Å². The van der Waals surface area contributed by atoms with Crippen LogP contribution in [0.4, 0.5) is 14.9 Å². The number of hydrogen-bond donors (Lipinski definition) is 2. The van der Waals surface area contributed by atoms with Gasteiger partial charge >= 0.3 is 6.03 Å². The molecule has 0 heterocycles. The number of anilines is 1. The van der Waals surface area contributed by atoms with Crippen molar-refractivity contribution >= 4 is 11.7 Å². The summed E-state index contributed by atoms with van der Waals surface area (Å²) in [4.78, 5) is 11.1. The lowest BCUT2D eigenvalue weighted by Gasteiger charge is -2.06. The molecular weight excluding hydrogens is 197 g/mol. The van der Waals surface area contributed by atoms with Crippen LogP contribution in [0.15, 0.2) is 18.2 Å². The van der Waals surface area contributed by atoms with Crippen LogP contribution in [0, 0.1) is 17.1 Å². The fourth-order valence-electron chi connectivity index (χ4n) is 1.01. The van der Waals surface area contributed by atoms with Gasteiger partial charge in [0.2, 0.25) is 0 Å². The zero-order valence-electron chi connectivity index (χ0n) is 8.17. The highest BCUT2D eigenvalue weighted by atomic mass is 19.1. The molecule has 1 rings (SSSR count). The summed E-state index contributed by atoms with van der Waals surface area (Å²) in [5.41, 5.74) is 0.272. The molecule has 0 unspecified atom stereocenters. The van der Waals surface area contributed by atoms with Crippen molar-refractivity contribution in [1.29, 1.82) is 5.26 Å². The second-order valence-electron chi connectivity index (χ2n) is 2.79. The van der Waals surface area contributed by atoms with Gasteiger partial charge in [0.15, 0.2) is 0 Å². The Kier molecular flexibility index (Phi) is 3.63. The number of halogens is 1. The third kappa shape index (κ3) is 2.95. The highest BCUT2D eigenvalue weighted by Crippen LogP contribution is 2.14. The van der Waals surface area contributed by atoms with Crippen molar-refractivity contribution < 1.29 is 9.18 Å². The average molecular weight is 207 g/mol. The number of benzene rings is 1. The lowest BCUT2D eigenvalue weighted by molar-refractivity contribution is 0.252. The van der Waals surface area contributed by atoms with Gasteiger partial charge in [-0.15, -0.1) is 0 Å². The van der Waals surface area contributed by atoms with Gasteiger partial charge in [-0.2, -0.15) is 5.26 Å². The maximum Gasteiger partial charge on any atom is 0.319 e.